The molecule has 0 spiro atoms. The molecule has 5 heteroatoms. The summed E-state index contributed by atoms with van der Waals surface area (Å²) >= 11 is 0. The molecule has 1 fully saturated rings. The topological polar surface area (TPSA) is 58.7 Å². The summed E-state index contributed by atoms with van der Waals surface area (Å²) in [7, 11) is 0. The highest BCUT2D eigenvalue weighted by atomic mass is 16.3. The number of fused-ring (bicyclic) bond motifs is 6. The van der Waals surface area contributed by atoms with E-state index in [4.69, 9.17) is 4.42 Å². The molecule has 3 heterocycles. The van der Waals surface area contributed by atoms with Crippen LogP contribution in [0.15, 0.2) is 39.7 Å². The van der Waals surface area contributed by atoms with Crippen molar-refractivity contribution in [3.05, 3.63) is 58.5 Å². The van der Waals surface area contributed by atoms with E-state index in [0.717, 1.165) is 53.7 Å². The van der Waals surface area contributed by atoms with Gasteiger partial charge in [-0.05, 0) is 65.3 Å². The Bertz CT molecular complexity index is 1290. The summed E-state index contributed by atoms with van der Waals surface area (Å²) in [5.74, 6) is 0.831. The van der Waals surface area contributed by atoms with Gasteiger partial charge in [0.15, 0.2) is 11.5 Å². The minimum absolute atomic E-state index is 0.0190. The van der Waals surface area contributed by atoms with Gasteiger partial charge in [0.2, 0.25) is 0 Å². The maximum atomic E-state index is 13.7. The Morgan fingerprint density at radius 1 is 1.16 bits per heavy atom. The molecule has 1 aliphatic carbocycles. The van der Waals surface area contributed by atoms with Crippen molar-refractivity contribution in [1.29, 1.82) is 0 Å². The third kappa shape index (κ3) is 2.46. The van der Waals surface area contributed by atoms with Gasteiger partial charge in [0.05, 0.1) is 5.69 Å². The predicted molar refractivity (Wildman–Crippen MR) is 121 cm³/mol. The average Bonchev–Trinajstić information content (AvgIpc) is 3.33. The summed E-state index contributed by atoms with van der Waals surface area (Å²) in [6.07, 6.45) is 4.50. The summed E-state index contributed by atoms with van der Waals surface area (Å²) in [5.41, 5.74) is 7.27. The Morgan fingerprint density at radius 3 is 2.84 bits per heavy atom. The van der Waals surface area contributed by atoms with Gasteiger partial charge in [-0.15, -0.1) is 0 Å². The van der Waals surface area contributed by atoms with Gasteiger partial charge < -0.3 is 9.32 Å². The predicted octanol–water partition coefficient (Wildman–Crippen LogP) is 5.15. The molecule has 3 aliphatic rings. The first-order valence-corrected chi connectivity index (χ1v) is 11.1. The van der Waals surface area contributed by atoms with Gasteiger partial charge in [-0.25, -0.2) is 4.98 Å². The van der Waals surface area contributed by atoms with Crippen molar-refractivity contribution in [2.45, 2.75) is 58.4 Å². The Balaban J connectivity index is 1.43. The zero-order chi connectivity index (χ0) is 21.5. The van der Waals surface area contributed by atoms with Crippen LogP contribution in [0.25, 0.3) is 11.1 Å². The number of oxazole rings is 1. The van der Waals surface area contributed by atoms with Gasteiger partial charge in [-0.1, -0.05) is 20.8 Å². The molecule has 0 saturated carbocycles. The monoisotopic (exact) mass is 413 g/mol. The fourth-order valence-corrected chi connectivity index (χ4v) is 6.11. The molecule has 0 radical (unpaired) electrons. The summed E-state index contributed by atoms with van der Waals surface area (Å²) in [6, 6.07) is 10.5. The van der Waals surface area contributed by atoms with E-state index >= 15 is 0 Å². The van der Waals surface area contributed by atoms with Gasteiger partial charge in [-0.2, -0.15) is 0 Å². The Morgan fingerprint density at radius 2 is 2.00 bits per heavy atom. The van der Waals surface area contributed by atoms with Crippen LogP contribution in [-0.4, -0.2) is 34.6 Å². The normalized spacial score (nSPS) is 25.5. The molecule has 2 atom stereocenters. The number of likely N-dealkylation sites (tertiary alicyclic amines) is 1. The highest BCUT2D eigenvalue weighted by Gasteiger charge is 2.57. The van der Waals surface area contributed by atoms with Crippen LogP contribution in [0.2, 0.25) is 0 Å². The third-order valence-electron chi connectivity index (χ3n) is 8.34. The molecule has 2 bridgehead atoms. The van der Waals surface area contributed by atoms with E-state index in [1.165, 1.54) is 11.1 Å². The van der Waals surface area contributed by atoms with Crippen LogP contribution in [0, 0.1) is 12.3 Å². The fraction of sp³-hybridized carbons (Fsp3) is 0.423. The van der Waals surface area contributed by atoms with Gasteiger partial charge in [-0.3, -0.25) is 9.79 Å². The van der Waals surface area contributed by atoms with Gasteiger partial charge in [0.1, 0.15) is 5.52 Å². The number of amides is 1. The Hall–Kier alpha value is -2.95. The molecule has 6 rings (SSSR count). The Kier molecular flexibility index (Phi) is 3.67. The molecule has 31 heavy (non-hydrogen) atoms. The second-order valence-electron chi connectivity index (χ2n) is 10.1. The standard InChI is InChI=1S/C26H27N3O2/c1-15-28-21-14-19-18(12-22(21)31-15)13-23-25(2,3)26(19,4)8-10-29(23)24(30)17-5-6-20-16(11-17)7-9-27-20/h5-6,9,11-12,14,23H,7-8,10,13H2,1-4H3/t23-,26-/m0/s1. The second kappa shape index (κ2) is 6.06. The molecule has 0 N–H and O–H groups in total. The van der Waals surface area contributed by atoms with Crippen molar-refractivity contribution in [2.24, 2.45) is 10.4 Å². The second-order valence-corrected chi connectivity index (χ2v) is 10.1. The molecule has 0 unspecified atom stereocenters. The summed E-state index contributed by atoms with van der Waals surface area (Å²) in [5, 5.41) is 0. The number of aryl methyl sites for hydroxylation is 1. The van der Waals surface area contributed by atoms with Crippen molar-refractivity contribution in [3.8, 4) is 0 Å². The molecular formula is C26H27N3O2. The maximum absolute atomic E-state index is 13.7. The van der Waals surface area contributed by atoms with Crippen LogP contribution in [-0.2, 0) is 18.3 Å². The molecule has 1 saturated heterocycles. The fourth-order valence-electron chi connectivity index (χ4n) is 6.11. The quantitative estimate of drug-likeness (QED) is 0.554. The lowest BCUT2D eigenvalue weighted by molar-refractivity contribution is -0.0261. The van der Waals surface area contributed by atoms with E-state index in [2.05, 4.69) is 47.8 Å². The van der Waals surface area contributed by atoms with Crippen LogP contribution < -0.4 is 0 Å². The first-order valence-electron chi connectivity index (χ1n) is 11.1. The number of aliphatic imine (C=N–C) groups is 1. The smallest absolute Gasteiger partial charge is 0.254 e. The number of hydrogen-bond acceptors (Lipinski definition) is 4. The van der Waals surface area contributed by atoms with Crippen LogP contribution in [0.3, 0.4) is 0 Å². The summed E-state index contributed by atoms with van der Waals surface area (Å²) in [6.45, 7) is 9.69. The first-order chi connectivity index (χ1) is 14.8. The van der Waals surface area contributed by atoms with E-state index in [1.807, 2.05) is 31.3 Å². The zero-order valence-corrected chi connectivity index (χ0v) is 18.5. The van der Waals surface area contributed by atoms with Crippen molar-refractivity contribution in [3.63, 3.8) is 0 Å². The number of rotatable bonds is 1. The first kappa shape index (κ1) is 18.8. The minimum atomic E-state index is -0.0554. The number of aromatic nitrogens is 1. The van der Waals surface area contributed by atoms with Gasteiger partial charge in [0, 0.05) is 43.1 Å². The largest absolute Gasteiger partial charge is 0.441 e. The lowest BCUT2D eigenvalue weighted by Gasteiger charge is -2.60. The molecule has 158 valence electrons. The van der Waals surface area contributed by atoms with E-state index in [9.17, 15) is 4.79 Å². The molecular weight excluding hydrogens is 386 g/mol. The van der Waals surface area contributed by atoms with Crippen molar-refractivity contribution < 1.29 is 9.21 Å². The number of nitrogens with zero attached hydrogens (tertiary/aromatic N) is 3. The van der Waals surface area contributed by atoms with E-state index < -0.39 is 0 Å². The van der Waals surface area contributed by atoms with Crippen molar-refractivity contribution >= 4 is 28.9 Å². The molecule has 2 aromatic carbocycles. The number of carbonyl (C=O) groups is 1. The SMILES string of the molecule is Cc1nc2cc3c(cc2o1)C[C@@H]1N(C(=O)c2ccc4c(c2)CC=N4)CC[C@]3(C)C1(C)C. The van der Waals surface area contributed by atoms with Crippen molar-refractivity contribution in [1.82, 2.24) is 9.88 Å². The molecule has 3 aromatic rings. The van der Waals surface area contributed by atoms with Gasteiger partial charge >= 0.3 is 0 Å². The van der Waals surface area contributed by atoms with E-state index in [1.54, 1.807) is 0 Å². The number of hydrogen-bond donors (Lipinski definition) is 0. The molecule has 1 aromatic heterocycles. The molecule has 1 amide bonds. The van der Waals surface area contributed by atoms with Crippen molar-refractivity contribution in [2.75, 3.05) is 6.54 Å². The van der Waals surface area contributed by atoms with E-state index in [-0.39, 0.29) is 22.8 Å². The van der Waals surface area contributed by atoms with Crippen LogP contribution >= 0.6 is 0 Å². The summed E-state index contributed by atoms with van der Waals surface area (Å²) < 4.78 is 5.82. The maximum Gasteiger partial charge on any atom is 0.254 e. The van der Waals surface area contributed by atoms with Gasteiger partial charge in [0.25, 0.3) is 5.91 Å². The third-order valence-corrected chi connectivity index (χ3v) is 8.34. The van der Waals surface area contributed by atoms with Crippen LogP contribution in [0.5, 0.6) is 0 Å². The zero-order valence-electron chi connectivity index (χ0n) is 18.5. The van der Waals surface area contributed by atoms with Crippen LogP contribution in [0.1, 0.15) is 60.1 Å². The number of benzene rings is 2. The highest BCUT2D eigenvalue weighted by molar-refractivity contribution is 5.96. The molecule has 5 nitrogen and oxygen atoms in total. The summed E-state index contributed by atoms with van der Waals surface area (Å²) in [4.78, 5) is 24.8. The average molecular weight is 414 g/mol. The lowest BCUT2D eigenvalue weighted by atomic mass is 9.51. The number of piperidine rings is 1. The minimum Gasteiger partial charge on any atom is -0.441 e. The Labute approximate surface area is 182 Å². The van der Waals surface area contributed by atoms with Crippen LogP contribution in [0.4, 0.5) is 5.69 Å². The number of carbonyl (C=O) groups excluding carboxylic acids is 1. The lowest BCUT2D eigenvalue weighted by Crippen LogP contribution is -2.64. The van der Waals surface area contributed by atoms with E-state index in [0.29, 0.717) is 5.89 Å². The molecule has 2 aliphatic heterocycles. The highest BCUT2D eigenvalue weighted by Crippen LogP contribution is 2.56.